The molecule has 1 aromatic rings. The summed E-state index contributed by atoms with van der Waals surface area (Å²) in [6.07, 6.45) is 0.287. The van der Waals surface area contributed by atoms with Crippen LogP contribution in [0.25, 0.3) is 0 Å². The zero-order valence-electron chi connectivity index (χ0n) is 12.2. The van der Waals surface area contributed by atoms with E-state index in [9.17, 15) is 9.90 Å². The van der Waals surface area contributed by atoms with E-state index in [1.54, 1.807) is 0 Å². The molecule has 1 fully saturated rings. The van der Waals surface area contributed by atoms with Gasteiger partial charge in [0.05, 0.1) is 0 Å². The molecule has 1 saturated heterocycles. The van der Waals surface area contributed by atoms with Gasteiger partial charge in [0, 0.05) is 6.54 Å². The Morgan fingerprint density at radius 3 is 2.55 bits per heavy atom. The van der Waals surface area contributed by atoms with Crippen LogP contribution in [-0.2, 0) is 11.3 Å². The number of hydrogen-bond donors (Lipinski definition) is 2. The van der Waals surface area contributed by atoms with Crippen LogP contribution in [0.15, 0.2) is 18.2 Å². The first-order valence-electron chi connectivity index (χ1n) is 7.16. The summed E-state index contributed by atoms with van der Waals surface area (Å²) in [5, 5.41) is 18.4. The number of carbonyl (C=O) groups is 1. The Morgan fingerprint density at radius 1 is 1.35 bits per heavy atom. The molecule has 0 spiro atoms. The van der Waals surface area contributed by atoms with Crippen molar-refractivity contribution in [3.05, 3.63) is 34.9 Å². The number of rotatable bonds is 4. The molecule has 0 amide bonds. The lowest BCUT2D eigenvalue weighted by atomic mass is 9.91. The van der Waals surface area contributed by atoms with Gasteiger partial charge in [0.2, 0.25) is 0 Å². The molecule has 1 aliphatic heterocycles. The molecule has 4 nitrogen and oxygen atoms in total. The summed E-state index contributed by atoms with van der Waals surface area (Å²) < 4.78 is 0. The number of aliphatic hydroxyl groups excluding tert-OH is 1. The highest BCUT2D eigenvalue weighted by molar-refractivity contribution is 5.72. The summed E-state index contributed by atoms with van der Waals surface area (Å²) in [5.41, 5.74) is 3.90. The molecule has 2 rings (SSSR count). The van der Waals surface area contributed by atoms with Crippen molar-refractivity contribution in [1.82, 2.24) is 4.90 Å². The fourth-order valence-corrected chi connectivity index (χ4v) is 2.89. The molecule has 1 aliphatic rings. The third kappa shape index (κ3) is 3.58. The summed E-state index contributed by atoms with van der Waals surface area (Å²) in [6.45, 7) is 6.82. The number of hydrogen-bond acceptors (Lipinski definition) is 3. The summed E-state index contributed by atoms with van der Waals surface area (Å²) >= 11 is 0. The number of piperidine rings is 1. The predicted octanol–water partition coefficient (Wildman–Crippen LogP) is 1.96. The first-order valence-corrected chi connectivity index (χ1v) is 7.16. The number of likely N-dealkylation sites (tertiary alicyclic amines) is 1. The second-order valence-electron chi connectivity index (χ2n) is 5.83. The average Bonchev–Trinajstić information content (AvgIpc) is 2.42. The molecule has 0 aromatic heterocycles. The molecular formula is C16H23NO3. The highest BCUT2D eigenvalue weighted by Gasteiger charge is 2.29. The first kappa shape index (κ1) is 15.0. The minimum absolute atomic E-state index is 0.108. The zero-order chi connectivity index (χ0) is 14.7. The van der Waals surface area contributed by atoms with Crippen LogP contribution in [0.4, 0.5) is 0 Å². The maximum absolute atomic E-state index is 10.8. The Balaban J connectivity index is 1.90. The van der Waals surface area contributed by atoms with Crippen LogP contribution in [0.5, 0.6) is 0 Å². The number of aryl methyl sites for hydroxylation is 2. The third-order valence-corrected chi connectivity index (χ3v) is 4.22. The lowest BCUT2D eigenvalue weighted by Gasteiger charge is -2.33. The molecule has 1 heterocycles. The van der Waals surface area contributed by atoms with Gasteiger partial charge in [0.25, 0.3) is 0 Å². The van der Waals surface area contributed by atoms with Gasteiger partial charge >= 0.3 is 5.97 Å². The van der Waals surface area contributed by atoms with Crippen LogP contribution < -0.4 is 0 Å². The van der Waals surface area contributed by atoms with E-state index in [0.29, 0.717) is 0 Å². The number of aliphatic carboxylic acids is 1. The molecule has 1 aromatic carbocycles. The molecule has 1 atom stereocenters. The van der Waals surface area contributed by atoms with Crippen molar-refractivity contribution in [3.8, 4) is 0 Å². The Hall–Kier alpha value is -1.39. The molecule has 0 bridgehead atoms. The quantitative estimate of drug-likeness (QED) is 0.883. The van der Waals surface area contributed by atoms with Crippen molar-refractivity contribution in [1.29, 1.82) is 0 Å². The Bertz CT molecular complexity index is 479. The van der Waals surface area contributed by atoms with Crippen molar-refractivity contribution < 1.29 is 15.0 Å². The summed E-state index contributed by atoms with van der Waals surface area (Å²) in [4.78, 5) is 13.1. The summed E-state index contributed by atoms with van der Waals surface area (Å²) in [6, 6.07) is 6.49. The number of aliphatic hydroxyl groups is 1. The molecule has 0 saturated carbocycles. The van der Waals surface area contributed by atoms with Gasteiger partial charge in [-0.05, 0) is 56.8 Å². The van der Waals surface area contributed by atoms with Gasteiger partial charge < -0.3 is 10.2 Å². The second kappa shape index (κ2) is 6.37. The highest BCUT2D eigenvalue weighted by atomic mass is 16.4. The van der Waals surface area contributed by atoms with Gasteiger partial charge in [-0.25, -0.2) is 4.79 Å². The summed E-state index contributed by atoms with van der Waals surface area (Å²) in [5.74, 6) is -1.21. The van der Waals surface area contributed by atoms with E-state index in [1.165, 1.54) is 16.7 Å². The largest absolute Gasteiger partial charge is 0.479 e. The maximum Gasteiger partial charge on any atom is 0.332 e. The lowest BCUT2D eigenvalue weighted by molar-refractivity contribution is -0.150. The van der Waals surface area contributed by atoms with E-state index < -0.39 is 12.1 Å². The van der Waals surface area contributed by atoms with Gasteiger partial charge in [-0.3, -0.25) is 4.90 Å². The molecule has 0 radical (unpaired) electrons. The number of carboxylic acids is 1. The molecule has 2 N–H and O–H groups in total. The maximum atomic E-state index is 10.8. The van der Waals surface area contributed by atoms with Gasteiger partial charge in [0.15, 0.2) is 6.10 Å². The Morgan fingerprint density at radius 2 is 2.00 bits per heavy atom. The fraction of sp³-hybridized carbons (Fsp3) is 0.562. The van der Waals surface area contributed by atoms with Crippen LogP contribution >= 0.6 is 0 Å². The Labute approximate surface area is 120 Å². The molecule has 1 unspecified atom stereocenters. The third-order valence-electron chi connectivity index (χ3n) is 4.22. The topological polar surface area (TPSA) is 60.8 Å². The SMILES string of the molecule is Cc1ccc(CN2CCC(C(O)C(=O)O)CC2)c(C)c1. The van der Waals surface area contributed by atoms with Crippen LogP contribution in [0, 0.1) is 19.8 Å². The van der Waals surface area contributed by atoms with E-state index in [0.717, 1.165) is 32.5 Å². The van der Waals surface area contributed by atoms with Gasteiger partial charge in [-0.15, -0.1) is 0 Å². The smallest absolute Gasteiger partial charge is 0.332 e. The molecule has 4 heteroatoms. The van der Waals surface area contributed by atoms with E-state index in [-0.39, 0.29) is 5.92 Å². The second-order valence-corrected chi connectivity index (χ2v) is 5.83. The number of carboxylic acid groups (broad SMARTS) is 1. The van der Waals surface area contributed by atoms with Crippen LogP contribution in [0.2, 0.25) is 0 Å². The average molecular weight is 277 g/mol. The molecule has 110 valence electrons. The number of nitrogens with zero attached hydrogens (tertiary/aromatic N) is 1. The van der Waals surface area contributed by atoms with Crippen molar-refractivity contribution in [2.24, 2.45) is 5.92 Å². The van der Waals surface area contributed by atoms with Gasteiger partial charge in [0.1, 0.15) is 0 Å². The van der Waals surface area contributed by atoms with Crippen LogP contribution in [0.1, 0.15) is 29.5 Å². The van der Waals surface area contributed by atoms with E-state index in [2.05, 4.69) is 36.9 Å². The van der Waals surface area contributed by atoms with Crippen molar-refractivity contribution in [2.45, 2.75) is 39.3 Å². The predicted molar refractivity (Wildman–Crippen MR) is 77.6 cm³/mol. The highest BCUT2D eigenvalue weighted by Crippen LogP contribution is 2.23. The standard InChI is InChI=1S/C16H23NO3/c1-11-3-4-14(12(2)9-11)10-17-7-5-13(6-8-17)15(18)16(19)20/h3-4,9,13,15,18H,5-8,10H2,1-2H3,(H,19,20). The van der Waals surface area contributed by atoms with Gasteiger partial charge in [-0.1, -0.05) is 23.8 Å². The van der Waals surface area contributed by atoms with Crippen LogP contribution in [0.3, 0.4) is 0 Å². The van der Waals surface area contributed by atoms with Crippen molar-refractivity contribution in [3.63, 3.8) is 0 Å². The van der Waals surface area contributed by atoms with E-state index in [4.69, 9.17) is 5.11 Å². The van der Waals surface area contributed by atoms with Crippen molar-refractivity contribution >= 4 is 5.97 Å². The fourth-order valence-electron chi connectivity index (χ4n) is 2.89. The Kier molecular flexibility index (Phi) is 4.78. The number of benzene rings is 1. The molecule has 20 heavy (non-hydrogen) atoms. The normalized spacial score (nSPS) is 18.9. The lowest BCUT2D eigenvalue weighted by Crippen LogP contribution is -2.40. The van der Waals surface area contributed by atoms with E-state index in [1.807, 2.05) is 0 Å². The van der Waals surface area contributed by atoms with E-state index >= 15 is 0 Å². The van der Waals surface area contributed by atoms with Crippen molar-refractivity contribution in [2.75, 3.05) is 13.1 Å². The minimum Gasteiger partial charge on any atom is -0.479 e. The summed E-state index contributed by atoms with van der Waals surface area (Å²) in [7, 11) is 0. The monoisotopic (exact) mass is 277 g/mol. The molecule has 0 aliphatic carbocycles. The molecular weight excluding hydrogens is 254 g/mol. The van der Waals surface area contributed by atoms with Gasteiger partial charge in [-0.2, -0.15) is 0 Å². The first-order chi connectivity index (χ1) is 9.47. The van der Waals surface area contributed by atoms with Crippen LogP contribution in [-0.4, -0.2) is 40.3 Å². The zero-order valence-corrected chi connectivity index (χ0v) is 12.2. The minimum atomic E-state index is -1.21.